The zero-order chi connectivity index (χ0) is 11.8. The van der Waals surface area contributed by atoms with Crippen molar-refractivity contribution in [1.29, 1.82) is 0 Å². The van der Waals surface area contributed by atoms with Crippen molar-refractivity contribution in [3.8, 4) is 0 Å². The highest BCUT2D eigenvalue weighted by Gasteiger charge is 2.25. The molecular weight excluding hydrogens is 285 g/mol. The molecule has 0 radical (unpaired) electrons. The molecule has 90 valence electrons. The maximum absolute atomic E-state index is 13.1. The van der Waals surface area contributed by atoms with Crippen LogP contribution in [-0.2, 0) is 0 Å². The Kier molecular flexibility index (Phi) is 2.78. The van der Waals surface area contributed by atoms with Crippen LogP contribution in [0.5, 0.6) is 0 Å². The summed E-state index contributed by atoms with van der Waals surface area (Å²) in [5.41, 5.74) is 1.59. The number of halogens is 2. The highest BCUT2D eigenvalue weighted by molar-refractivity contribution is 9.09. The monoisotopic (exact) mass is 297 g/mol. The van der Waals surface area contributed by atoms with Gasteiger partial charge in [0.1, 0.15) is 5.82 Å². The first kappa shape index (κ1) is 11.0. The molecule has 1 unspecified atom stereocenters. The van der Waals surface area contributed by atoms with Crippen molar-refractivity contribution in [2.45, 2.75) is 18.9 Å². The second kappa shape index (κ2) is 4.29. The minimum atomic E-state index is -0.230. The zero-order valence-electron chi connectivity index (χ0n) is 9.29. The van der Waals surface area contributed by atoms with E-state index in [1.807, 2.05) is 0 Å². The van der Waals surface area contributed by atoms with Crippen LogP contribution in [0.1, 0.15) is 12.8 Å². The van der Waals surface area contributed by atoms with E-state index in [1.54, 1.807) is 6.07 Å². The van der Waals surface area contributed by atoms with Crippen molar-refractivity contribution in [2.75, 3.05) is 16.8 Å². The highest BCUT2D eigenvalue weighted by atomic mass is 79.9. The molecule has 0 amide bonds. The summed E-state index contributed by atoms with van der Waals surface area (Å²) in [6, 6.07) is 5.13. The Bertz CT molecular complexity index is 540. The second-order valence-corrected chi connectivity index (χ2v) is 5.01. The molecule has 17 heavy (non-hydrogen) atoms. The van der Waals surface area contributed by atoms with E-state index in [9.17, 15) is 4.39 Å². The Hall–Kier alpha value is -1.10. The van der Waals surface area contributed by atoms with Gasteiger partial charge in [-0.25, -0.2) is 9.37 Å². The number of hydrogen-bond donors (Lipinski definition) is 1. The van der Waals surface area contributed by atoms with Gasteiger partial charge in [-0.2, -0.15) is 0 Å². The van der Waals surface area contributed by atoms with Gasteiger partial charge in [-0.1, -0.05) is 15.9 Å². The summed E-state index contributed by atoms with van der Waals surface area (Å²) in [6.45, 7) is 1.01. The summed E-state index contributed by atoms with van der Waals surface area (Å²) in [6.07, 6.45) is 2.36. The smallest absolute Gasteiger partial charge is 0.204 e. The Balaban J connectivity index is 2.00. The number of aromatic amines is 1. The van der Waals surface area contributed by atoms with Gasteiger partial charge in [0.2, 0.25) is 5.95 Å². The average Bonchev–Trinajstić information content (AvgIpc) is 2.93. The van der Waals surface area contributed by atoms with Crippen molar-refractivity contribution in [2.24, 2.45) is 0 Å². The number of fused-ring (bicyclic) bond motifs is 1. The van der Waals surface area contributed by atoms with Crippen LogP contribution < -0.4 is 4.90 Å². The predicted octanol–water partition coefficient (Wildman–Crippen LogP) is 3.07. The molecule has 0 saturated carbocycles. The molecule has 0 bridgehead atoms. The van der Waals surface area contributed by atoms with E-state index < -0.39 is 0 Å². The summed E-state index contributed by atoms with van der Waals surface area (Å²) in [4.78, 5) is 9.97. The van der Waals surface area contributed by atoms with Crippen LogP contribution in [0.15, 0.2) is 18.2 Å². The van der Waals surface area contributed by atoms with Gasteiger partial charge in [0.15, 0.2) is 0 Å². The lowest BCUT2D eigenvalue weighted by Crippen LogP contribution is -2.31. The Morgan fingerprint density at radius 1 is 1.53 bits per heavy atom. The second-order valence-electron chi connectivity index (χ2n) is 4.37. The van der Waals surface area contributed by atoms with Gasteiger partial charge in [0.25, 0.3) is 0 Å². The first-order valence-corrected chi connectivity index (χ1v) is 6.88. The topological polar surface area (TPSA) is 31.9 Å². The largest absolute Gasteiger partial charge is 0.339 e. The number of benzene rings is 1. The van der Waals surface area contributed by atoms with Crippen LogP contribution in [0.2, 0.25) is 0 Å². The number of nitrogens with one attached hydrogen (secondary N) is 1. The third-order valence-electron chi connectivity index (χ3n) is 3.26. The number of rotatable bonds is 2. The van der Waals surface area contributed by atoms with E-state index >= 15 is 0 Å². The third kappa shape index (κ3) is 1.92. The van der Waals surface area contributed by atoms with Crippen LogP contribution in [-0.4, -0.2) is 27.9 Å². The quantitative estimate of drug-likeness (QED) is 0.864. The molecule has 3 nitrogen and oxygen atoms in total. The van der Waals surface area contributed by atoms with E-state index in [4.69, 9.17) is 0 Å². The summed E-state index contributed by atoms with van der Waals surface area (Å²) >= 11 is 3.53. The molecule has 0 spiro atoms. The van der Waals surface area contributed by atoms with E-state index in [0.717, 1.165) is 28.9 Å². The molecule has 2 aromatic rings. The molecule has 1 aromatic heterocycles. The van der Waals surface area contributed by atoms with Crippen molar-refractivity contribution >= 4 is 32.9 Å². The fourth-order valence-electron chi connectivity index (χ4n) is 2.38. The molecule has 5 heteroatoms. The van der Waals surface area contributed by atoms with Crippen molar-refractivity contribution < 1.29 is 4.39 Å². The number of imidazole rings is 1. The van der Waals surface area contributed by atoms with Crippen molar-refractivity contribution in [3.63, 3.8) is 0 Å². The van der Waals surface area contributed by atoms with Crippen molar-refractivity contribution in [1.82, 2.24) is 9.97 Å². The Morgan fingerprint density at radius 2 is 2.41 bits per heavy atom. The average molecular weight is 298 g/mol. The molecule has 1 aliphatic heterocycles. The Morgan fingerprint density at radius 3 is 3.24 bits per heavy atom. The van der Waals surface area contributed by atoms with E-state index in [-0.39, 0.29) is 5.82 Å². The number of hydrogen-bond acceptors (Lipinski definition) is 2. The van der Waals surface area contributed by atoms with Gasteiger partial charge in [0.05, 0.1) is 11.0 Å². The lowest BCUT2D eigenvalue weighted by Gasteiger charge is -2.21. The highest BCUT2D eigenvalue weighted by Crippen LogP contribution is 2.26. The minimum absolute atomic E-state index is 0.230. The molecule has 1 saturated heterocycles. The fourth-order valence-corrected chi connectivity index (χ4v) is 3.05. The minimum Gasteiger partial charge on any atom is -0.339 e. The van der Waals surface area contributed by atoms with Crippen molar-refractivity contribution in [3.05, 3.63) is 24.0 Å². The number of nitrogens with zero attached hydrogens (tertiary/aromatic N) is 2. The third-order valence-corrected chi connectivity index (χ3v) is 4.01. The van der Waals surface area contributed by atoms with E-state index in [2.05, 4.69) is 30.8 Å². The molecule has 1 fully saturated rings. The SMILES string of the molecule is Fc1ccc2nc(N3CCCC3CBr)[nH]c2c1. The predicted molar refractivity (Wildman–Crippen MR) is 70.2 cm³/mol. The molecule has 2 heterocycles. The van der Waals surface area contributed by atoms with Crippen LogP contribution in [0.4, 0.5) is 10.3 Å². The molecule has 1 N–H and O–H groups in total. The lowest BCUT2D eigenvalue weighted by molar-refractivity contribution is 0.629. The zero-order valence-corrected chi connectivity index (χ0v) is 10.9. The molecule has 1 atom stereocenters. The maximum Gasteiger partial charge on any atom is 0.204 e. The number of aromatic nitrogens is 2. The van der Waals surface area contributed by atoms with Crippen LogP contribution in [0, 0.1) is 5.82 Å². The summed E-state index contributed by atoms with van der Waals surface area (Å²) in [5, 5.41) is 0.943. The van der Waals surface area contributed by atoms with Gasteiger partial charge in [-0.05, 0) is 31.0 Å². The van der Waals surface area contributed by atoms with Gasteiger partial charge in [0, 0.05) is 17.9 Å². The molecular formula is C12H13BrFN3. The van der Waals surface area contributed by atoms with Gasteiger partial charge in [-0.3, -0.25) is 0 Å². The lowest BCUT2D eigenvalue weighted by atomic mass is 10.2. The number of H-pyrrole nitrogens is 1. The standard InChI is InChI=1S/C12H13BrFN3/c13-7-9-2-1-5-17(9)12-15-10-4-3-8(14)6-11(10)16-12/h3-4,6,9H,1-2,5,7H2,(H,15,16). The van der Waals surface area contributed by atoms with Crippen LogP contribution in [0.3, 0.4) is 0 Å². The first-order chi connectivity index (χ1) is 8.28. The van der Waals surface area contributed by atoms with E-state index in [1.165, 1.54) is 25.0 Å². The number of anilines is 1. The van der Waals surface area contributed by atoms with Gasteiger partial charge >= 0.3 is 0 Å². The first-order valence-electron chi connectivity index (χ1n) is 5.76. The Labute approximate surface area is 107 Å². The fraction of sp³-hybridized carbons (Fsp3) is 0.417. The summed E-state index contributed by atoms with van der Waals surface area (Å²) in [5.74, 6) is 0.624. The normalized spacial score (nSPS) is 20.4. The molecule has 1 aromatic carbocycles. The van der Waals surface area contributed by atoms with Crippen LogP contribution >= 0.6 is 15.9 Å². The molecule has 3 rings (SSSR count). The number of alkyl halides is 1. The summed E-state index contributed by atoms with van der Waals surface area (Å²) in [7, 11) is 0. The maximum atomic E-state index is 13.1. The van der Waals surface area contributed by atoms with E-state index in [0.29, 0.717) is 6.04 Å². The molecule has 0 aliphatic carbocycles. The van der Waals surface area contributed by atoms with Gasteiger partial charge < -0.3 is 9.88 Å². The van der Waals surface area contributed by atoms with Gasteiger partial charge in [-0.15, -0.1) is 0 Å². The summed E-state index contributed by atoms with van der Waals surface area (Å²) < 4.78 is 13.1. The molecule has 1 aliphatic rings. The van der Waals surface area contributed by atoms with Crippen LogP contribution in [0.25, 0.3) is 11.0 Å².